The molecule has 10 nitrogen and oxygen atoms in total. The van der Waals surface area contributed by atoms with Crippen molar-refractivity contribution in [1.29, 1.82) is 0 Å². The Morgan fingerprint density at radius 3 is 2.42 bits per heavy atom. The van der Waals surface area contributed by atoms with Crippen LogP contribution < -0.4 is 0 Å². The van der Waals surface area contributed by atoms with E-state index < -0.39 is 9.85 Å². The van der Waals surface area contributed by atoms with E-state index in [1.807, 2.05) is 41.0 Å². The average molecular weight is 434 g/mol. The van der Waals surface area contributed by atoms with E-state index in [0.717, 1.165) is 29.0 Å². The number of non-ortho nitro benzene ring substituents is 1. The molecule has 0 aliphatic rings. The molecule has 0 aliphatic carbocycles. The summed E-state index contributed by atoms with van der Waals surface area (Å²) >= 11 is 1.03. The number of nitrogens with zero attached hydrogens (tertiary/aromatic N) is 6. The van der Waals surface area contributed by atoms with Crippen LogP contribution in [0.2, 0.25) is 0 Å². The zero-order valence-corrected chi connectivity index (χ0v) is 16.7. The molecule has 4 rings (SSSR count). The van der Waals surface area contributed by atoms with Crippen molar-refractivity contribution in [1.82, 2.24) is 19.7 Å². The first-order valence-electron chi connectivity index (χ1n) is 9.01. The summed E-state index contributed by atoms with van der Waals surface area (Å²) in [4.78, 5) is 25.6. The topological polar surface area (TPSA) is 130 Å². The predicted molar refractivity (Wildman–Crippen MR) is 113 cm³/mol. The Kier molecular flexibility index (Phi) is 5.67. The second kappa shape index (κ2) is 8.71. The average Bonchev–Trinajstić information content (AvgIpc) is 3.17. The molecule has 2 aromatic carbocycles. The van der Waals surface area contributed by atoms with Gasteiger partial charge in [-0.25, -0.2) is 0 Å². The highest BCUT2D eigenvalue weighted by molar-refractivity contribution is 7.99. The molecule has 11 heteroatoms. The quantitative estimate of drug-likeness (QED) is 0.310. The smallest absolute Gasteiger partial charge is 0.290 e. The SMILES string of the molecule is O=[N+]([O-])c1ccc(Sc2nnc(-c3cccnc3)n2Cc2ccccc2)c([N+](=O)[O-])c1. The van der Waals surface area contributed by atoms with E-state index in [9.17, 15) is 20.2 Å². The molecule has 0 unspecified atom stereocenters. The zero-order chi connectivity index (χ0) is 21.8. The van der Waals surface area contributed by atoms with Crippen molar-refractivity contribution < 1.29 is 9.85 Å². The first-order chi connectivity index (χ1) is 15.0. The van der Waals surface area contributed by atoms with Gasteiger partial charge in [0.2, 0.25) is 0 Å². The van der Waals surface area contributed by atoms with Crippen molar-refractivity contribution in [3.05, 3.63) is 98.8 Å². The lowest BCUT2D eigenvalue weighted by Crippen LogP contribution is -2.04. The standard InChI is InChI=1S/C20H14N6O4S/c27-25(28)16-8-9-18(17(11-16)26(29)30)31-20-23-22-19(15-7-4-10-21-12-15)24(20)13-14-5-2-1-3-6-14/h1-12H,13H2. The van der Waals surface area contributed by atoms with Crippen molar-refractivity contribution in [2.24, 2.45) is 0 Å². The number of rotatable bonds is 7. The van der Waals surface area contributed by atoms with E-state index in [-0.39, 0.29) is 16.3 Å². The predicted octanol–water partition coefficient (Wildman–Crippen LogP) is 4.36. The molecule has 0 atom stereocenters. The minimum absolute atomic E-state index is 0.232. The lowest BCUT2D eigenvalue weighted by atomic mass is 10.2. The molecule has 2 aromatic heterocycles. The molecule has 0 bridgehead atoms. The number of hydrogen-bond acceptors (Lipinski definition) is 8. The van der Waals surface area contributed by atoms with E-state index in [2.05, 4.69) is 15.2 Å². The van der Waals surface area contributed by atoms with Crippen LogP contribution >= 0.6 is 11.8 Å². The minimum atomic E-state index is -0.667. The zero-order valence-electron chi connectivity index (χ0n) is 15.9. The first kappa shape index (κ1) is 20.2. The Morgan fingerprint density at radius 2 is 1.74 bits per heavy atom. The van der Waals surface area contributed by atoms with Gasteiger partial charge in [-0.1, -0.05) is 30.3 Å². The van der Waals surface area contributed by atoms with Crippen LogP contribution in [0.1, 0.15) is 5.56 Å². The van der Waals surface area contributed by atoms with Crippen LogP contribution in [0.4, 0.5) is 11.4 Å². The summed E-state index contributed by atoms with van der Waals surface area (Å²) in [5.41, 5.74) is 1.03. The maximum absolute atomic E-state index is 11.5. The minimum Gasteiger partial charge on any atom is -0.297 e. The molecule has 0 fully saturated rings. The molecule has 4 aromatic rings. The van der Waals surface area contributed by atoms with Gasteiger partial charge in [-0.05, 0) is 35.5 Å². The summed E-state index contributed by atoms with van der Waals surface area (Å²) in [6.45, 7) is 0.432. The van der Waals surface area contributed by atoms with Crippen molar-refractivity contribution in [3.63, 3.8) is 0 Å². The van der Waals surface area contributed by atoms with Crippen LogP contribution in [0.3, 0.4) is 0 Å². The largest absolute Gasteiger partial charge is 0.297 e. The van der Waals surface area contributed by atoms with Gasteiger partial charge < -0.3 is 0 Å². The summed E-state index contributed by atoms with van der Waals surface area (Å²) in [6.07, 6.45) is 3.31. The van der Waals surface area contributed by atoms with Gasteiger partial charge in [-0.15, -0.1) is 10.2 Å². The van der Waals surface area contributed by atoms with Crippen LogP contribution in [0, 0.1) is 20.2 Å². The molecule has 0 amide bonds. The molecule has 154 valence electrons. The first-order valence-corrected chi connectivity index (χ1v) is 9.83. The highest BCUT2D eigenvalue weighted by Gasteiger charge is 2.23. The third-order valence-electron chi connectivity index (χ3n) is 4.37. The molecular formula is C20H14N6O4S. The lowest BCUT2D eigenvalue weighted by Gasteiger charge is -2.10. The third kappa shape index (κ3) is 4.41. The van der Waals surface area contributed by atoms with Gasteiger partial charge in [0.15, 0.2) is 11.0 Å². The van der Waals surface area contributed by atoms with Gasteiger partial charge in [0, 0.05) is 24.0 Å². The van der Waals surface area contributed by atoms with E-state index in [1.165, 1.54) is 12.1 Å². The monoisotopic (exact) mass is 434 g/mol. The molecular weight excluding hydrogens is 420 g/mol. The molecule has 0 aliphatic heterocycles. The number of hydrogen-bond donors (Lipinski definition) is 0. The molecule has 2 heterocycles. The van der Waals surface area contributed by atoms with E-state index in [4.69, 9.17) is 0 Å². The fourth-order valence-corrected chi connectivity index (χ4v) is 3.84. The normalized spacial score (nSPS) is 10.7. The van der Waals surface area contributed by atoms with Crippen molar-refractivity contribution in [3.8, 4) is 11.4 Å². The summed E-state index contributed by atoms with van der Waals surface area (Å²) in [7, 11) is 0. The fourth-order valence-electron chi connectivity index (χ4n) is 2.93. The summed E-state index contributed by atoms with van der Waals surface area (Å²) in [5, 5.41) is 31.4. The second-order valence-electron chi connectivity index (χ2n) is 6.39. The molecule has 31 heavy (non-hydrogen) atoms. The summed E-state index contributed by atoms with van der Waals surface area (Å²) < 4.78 is 1.84. The third-order valence-corrected chi connectivity index (χ3v) is 5.42. The molecule has 0 radical (unpaired) electrons. The van der Waals surface area contributed by atoms with Gasteiger partial charge in [0.05, 0.1) is 27.4 Å². The number of pyridine rings is 1. The molecule has 0 saturated heterocycles. The molecule has 0 saturated carbocycles. The van der Waals surface area contributed by atoms with Gasteiger partial charge in [-0.2, -0.15) is 0 Å². The number of nitro benzene ring substituents is 2. The van der Waals surface area contributed by atoms with Crippen LogP contribution in [0.5, 0.6) is 0 Å². The maximum Gasteiger partial charge on any atom is 0.290 e. The maximum atomic E-state index is 11.5. The van der Waals surface area contributed by atoms with Crippen LogP contribution in [0.25, 0.3) is 11.4 Å². The second-order valence-corrected chi connectivity index (χ2v) is 7.40. The Labute approximate surface area is 179 Å². The lowest BCUT2D eigenvalue weighted by molar-refractivity contribution is -0.396. The van der Waals surface area contributed by atoms with Crippen LogP contribution in [-0.4, -0.2) is 29.6 Å². The molecule has 0 N–H and O–H groups in total. The van der Waals surface area contributed by atoms with Crippen LogP contribution in [0.15, 0.2) is 83.1 Å². The molecule has 0 spiro atoms. The number of nitro groups is 2. The Balaban J connectivity index is 1.78. The van der Waals surface area contributed by atoms with Gasteiger partial charge in [-0.3, -0.25) is 29.8 Å². The Morgan fingerprint density at radius 1 is 0.935 bits per heavy atom. The number of benzene rings is 2. The van der Waals surface area contributed by atoms with Gasteiger partial charge >= 0.3 is 0 Å². The van der Waals surface area contributed by atoms with Gasteiger partial charge in [0.25, 0.3) is 11.4 Å². The fraction of sp³-hybridized carbons (Fsp3) is 0.0500. The summed E-state index contributed by atoms with van der Waals surface area (Å²) in [5.74, 6) is 0.559. The van der Waals surface area contributed by atoms with Gasteiger partial charge in [0.1, 0.15) is 0 Å². The van der Waals surface area contributed by atoms with E-state index in [1.54, 1.807) is 18.5 Å². The number of aromatic nitrogens is 4. The van der Waals surface area contributed by atoms with Crippen molar-refractivity contribution >= 4 is 23.1 Å². The van der Waals surface area contributed by atoms with E-state index in [0.29, 0.717) is 17.5 Å². The van der Waals surface area contributed by atoms with Crippen LogP contribution in [-0.2, 0) is 6.54 Å². The van der Waals surface area contributed by atoms with E-state index >= 15 is 0 Å². The summed E-state index contributed by atoms with van der Waals surface area (Å²) in [6, 6.07) is 16.8. The highest BCUT2D eigenvalue weighted by Crippen LogP contribution is 2.37. The highest BCUT2D eigenvalue weighted by atomic mass is 32.2. The Bertz CT molecular complexity index is 1250. The van der Waals surface area contributed by atoms with Crippen molar-refractivity contribution in [2.45, 2.75) is 16.6 Å². The van der Waals surface area contributed by atoms with Crippen molar-refractivity contribution in [2.75, 3.05) is 0 Å². The Hall–Kier alpha value is -4.12.